The second-order valence-electron chi connectivity index (χ2n) is 5.75. The van der Waals surface area contributed by atoms with E-state index in [2.05, 4.69) is 6.92 Å². The maximum atomic E-state index is 12.4. The number of aliphatic hydroxyl groups excluding tert-OH is 1. The predicted octanol–water partition coefficient (Wildman–Crippen LogP) is 6.19. The van der Waals surface area contributed by atoms with Crippen molar-refractivity contribution in [3.8, 4) is 0 Å². The maximum Gasteiger partial charge on any atom is 0.263 e. The van der Waals surface area contributed by atoms with E-state index in [-0.39, 0.29) is 5.56 Å². The van der Waals surface area contributed by atoms with Gasteiger partial charge < -0.3 is 5.11 Å². The standard InChI is InChI=1S/C18H28F2O/c1-2-3-4-5-6-7-8-9-10-17(21)15-11-13-16(14-12-15)18(19)20/h11-14,17-18,21H,2-10H2,1H3. The summed E-state index contributed by atoms with van der Waals surface area (Å²) in [5.41, 5.74) is 0.750. The minimum atomic E-state index is -2.44. The molecule has 1 aromatic rings. The van der Waals surface area contributed by atoms with Crippen LogP contribution in [0.1, 0.15) is 88.4 Å². The summed E-state index contributed by atoms with van der Waals surface area (Å²) < 4.78 is 24.9. The van der Waals surface area contributed by atoms with Crippen LogP contribution in [0.3, 0.4) is 0 Å². The monoisotopic (exact) mass is 298 g/mol. The Morgan fingerprint density at radius 2 is 1.29 bits per heavy atom. The summed E-state index contributed by atoms with van der Waals surface area (Å²) in [5, 5.41) is 10.0. The number of hydrogen-bond acceptors (Lipinski definition) is 1. The minimum absolute atomic E-state index is 0.0121. The van der Waals surface area contributed by atoms with Crippen LogP contribution < -0.4 is 0 Å². The summed E-state index contributed by atoms with van der Waals surface area (Å²) in [6, 6.07) is 6.02. The average molecular weight is 298 g/mol. The lowest BCUT2D eigenvalue weighted by atomic mass is 10.0. The van der Waals surface area contributed by atoms with E-state index >= 15 is 0 Å². The molecule has 0 spiro atoms. The van der Waals surface area contributed by atoms with E-state index in [1.807, 2.05) is 0 Å². The minimum Gasteiger partial charge on any atom is -0.388 e. The van der Waals surface area contributed by atoms with Gasteiger partial charge >= 0.3 is 0 Å². The summed E-state index contributed by atoms with van der Waals surface area (Å²) in [5.74, 6) is 0. The smallest absolute Gasteiger partial charge is 0.263 e. The van der Waals surface area contributed by atoms with Crippen molar-refractivity contribution < 1.29 is 13.9 Å². The fraction of sp³-hybridized carbons (Fsp3) is 0.667. The number of rotatable bonds is 11. The van der Waals surface area contributed by atoms with Gasteiger partial charge in [0, 0.05) is 5.56 Å². The van der Waals surface area contributed by atoms with Gasteiger partial charge in [-0.25, -0.2) is 8.78 Å². The number of halogens is 2. The molecular formula is C18H28F2O. The maximum absolute atomic E-state index is 12.4. The van der Waals surface area contributed by atoms with Crippen molar-refractivity contribution in [1.29, 1.82) is 0 Å². The van der Waals surface area contributed by atoms with E-state index in [1.54, 1.807) is 12.1 Å². The fourth-order valence-electron chi connectivity index (χ4n) is 2.50. The molecule has 0 bridgehead atoms. The summed E-state index contributed by atoms with van der Waals surface area (Å²) in [4.78, 5) is 0. The molecule has 0 aliphatic carbocycles. The summed E-state index contributed by atoms with van der Waals surface area (Å²) in [7, 11) is 0. The topological polar surface area (TPSA) is 20.2 Å². The summed E-state index contributed by atoms with van der Waals surface area (Å²) in [6.07, 6.45) is 7.61. The Balaban J connectivity index is 2.14. The lowest BCUT2D eigenvalue weighted by Crippen LogP contribution is -1.98. The Morgan fingerprint density at radius 1 is 0.810 bits per heavy atom. The van der Waals surface area contributed by atoms with Gasteiger partial charge in [-0.15, -0.1) is 0 Å². The van der Waals surface area contributed by atoms with Crippen LogP contribution in [-0.4, -0.2) is 5.11 Å². The molecule has 3 heteroatoms. The molecule has 1 aromatic carbocycles. The van der Waals surface area contributed by atoms with E-state index in [4.69, 9.17) is 0 Å². The first-order chi connectivity index (χ1) is 10.1. The molecule has 0 fully saturated rings. The van der Waals surface area contributed by atoms with E-state index in [0.717, 1.165) is 18.4 Å². The van der Waals surface area contributed by atoms with E-state index < -0.39 is 12.5 Å². The zero-order valence-corrected chi connectivity index (χ0v) is 13.0. The fourth-order valence-corrected chi connectivity index (χ4v) is 2.50. The van der Waals surface area contributed by atoms with Crippen LogP contribution in [0, 0.1) is 0 Å². The summed E-state index contributed by atoms with van der Waals surface area (Å²) >= 11 is 0. The van der Waals surface area contributed by atoms with Crippen LogP contribution in [0.4, 0.5) is 8.78 Å². The van der Waals surface area contributed by atoms with E-state index in [9.17, 15) is 13.9 Å². The molecule has 0 amide bonds. The van der Waals surface area contributed by atoms with Gasteiger partial charge in [0.1, 0.15) is 0 Å². The highest BCUT2D eigenvalue weighted by atomic mass is 19.3. The zero-order chi connectivity index (χ0) is 15.5. The van der Waals surface area contributed by atoms with Gasteiger partial charge in [-0.05, 0) is 12.0 Å². The quantitative estimate of drug-likeness (QED) is 0.483. The van der Waals surface area contributed by atoms with Crippen molar-refractivity contribution in [2.75, 3.05) is 0 Å². The Labute approximate surface area is 127 Å². The Bertz CT molecular complexity index is 362. The lowest BCUT2D eigenvalue weighted by molar-refractivity contribution is 0.150. The molecule has 1 rings (SSSR count). The third-order valence-corrected chi connectivity index (χ3v) is 3.90. The van der Waals surface area contributed by atoms with Gasteiger partial charge in [-0.3, -0.25) is 0 Å². The zero-order valence-electron chi connectivity index (χ0n) is 13.0. The van der Waals surface area contributed by atoms with Crippen molar-refractivity contribution >= 4 is 0 Å². The molecule has 1 nitrogen and oxygen atoms in total. The van der Waals surface area contributed by atoms with Crippen LogP contribution in [0.2, 0.25) is 0 Å². The molecule has 1 N–H and O–H groups in total. The molecule has 0 aliphatic heterocycles. The van der Waals surface area contributed by atoms with Crippen LogP contribution in [-0.2, 0) is 0 Å². The van der Waals surface area contributed by atoms with Gasteiger partial charge in [-0.2, -0.15) is 0 Å². The molecular weight excluding hydrogens is 270 g/mol. The Hall–Kier alpha value is -0.960. The van der Waals surface area contributed by atoms with E-state index in [0.29, 0.717) is 6.42 Å². The molecule has 1 atom stereocenters. The second kappa shape index (κ2) is 10.7. The first kappa shape index (κ1) is 18.1. The predicted molar refractivity (Wildman–Crippen MR) is 83.6 cm³/mol. The van der Waals surface area contributed by atoms with Crippen LogP contribution in [0.5, 0.6) is 0 Å². The number of aliphatic hydroxyl groups is 1. The van der Waals surface area contributed by atoms with Crippen molar-refractivity contribution in [1.82, 2.24) is 0 Å². The van der Waals surface area contributed by atoms with Crippen LogP contribution >= 0.6 is 0 Å². The molecule has 21 heavy (non-hydrogen) atoms. The number of unbranched alkanes of at least 4 members (excludes halogenated alkanes) is 7. The van der Waals surface area contributed by atoms with Gasteiger partial charge in [0.05, 0.1) is 6.10 Å². The van der Waals surface area contributed by atoms with Crippen LogP contribution in [0.25, 0.3) is 0 Å². The molecule has 0 heterocycles. The Kier molecular flexibility index (Phi) is 9.24. The highest BCUT2D eigenvalue weighted by molar-refractivity contribution is 5.24. The van der Waals surface area contributed by atoms with Crippen molar-refractivity contribution in [2.45, 2.75) is 77.2 Å². The average Bonchev–Trinajstić information content (AvgIpc) is 2.49. The highest BCUT2D eigenvalue weighted by Gasteiger charge is 2.10. The lowest BCUT2D eigenvalue weighted by Gasteiger charge is -2.11. The first-order valence-electron chi connectivity index (χ1n) is 8.21. The largest absolute Gasteiger partial charge is 0.388 e. The molecule has 0 saturated heterocycles. The van der Waals surface area contributed by atoms with Crippen molar-refractivity contribution in [3.63, 3.8) is 0 Å². The summed E-state index contributed by atoms with van der Waals surface area (Å²) in [6.45, 7) is 2.22. The number of benzene rings is 1. The Morgan fingerprint density at radius 3 is 1.81 bits per heavy atom. The first-order valence-corrected chi connectivity index (χ1v) is 8.21. The van der Waals surface area contributed by atoms with Gasteiger partial charge in [0.15, 0.2) is 0 Å². The molecule has 1 unspecified atom stereocenters. The van der Waals surface area contributed by atoms with Crippen molar-refractivity contribution in [3.05, 3.63) is 35.4 Å². The van der Waals surface area contributed by atoms with Gasteiger partial charge in [0.25, 0.3) is 6.43 Å². The highest BCUT2D eigenvalue weighted by Crippen LogP contribution is 2.24. The molecule has 120 valence electrons. The third-order valence-electron chi connectivity index (χ3n) is 3.90. The molecule has 0 aromatic heterocycles. The number of alkyl halides is 2. The molecule has 0 aliphatic rings. The molecule has 0 radical (unpaired) electrons. The van der Waals surface area contributed by atoms with E-state index in [1.165, 1.54) is 50.7 Å². The van der Waals surface area contributed by atoms with Gasteiger partial charge in [0.2, 0.25) is 0 Å². The third kappa shape index (κ3) is 7.56. The SMILES string of the molecule is CCCCCCCCCCC(O)c1ccc(C(F)F)cc1. The van der Waals surface area contributed by atoms with Crippen LogP contribution in [0.15, 0.2) is 24.3 Å². The number of hydrogen-bond donors (Lipinski definition) is 1. The van der Waals surface area contributed by atoms with Gasteiger partial charge in [-0.1, -0.05) is 82.6 Å². The molecule has 0 saturated carbocycles. The second-order valence-corrected chi connectivity index (χ2v) is 5.75. The normalized spacial score (nSPS) is 12.8. The van der Waals surface area contributed by atoms with Crippen molar-refractivity contribution in [2.24, 2.45) is 0 Å².